The second kappa shape index (κ2) is 4.13. The molecule has 0 bridgehead atoms. The summed E-state index contributed by atoms with van der Waals surface area (Å²) < 4.78 is 0. The first-order chi connectivity index (χ1) is 4.22. The van der Waals surface area contributed by atoms with Gasteiger partial charge >= 0.3 is 0 Å². The summed E-state index contributed by atoms with van der Waals surface area (Å²) in [5.41, 5.74) is 0.792. The molecule has 52 valence electrons. The molecule has 0 aromatic carbocycles. The first-order valence-electron chi connectivity index (χ1n) is 3.11. The van der Waals surface area contributed by atoms with Gasteiger partial charge in [0.2, 0.25) is 5.91 Å². The van der Waals surface area contributed by atoms with Gasteiger partial charge in [0.05, 0.1) is 0 Å². The van der Waals surface area contributed by atoms with Crippen molar-refractivity contribution in [3.05, 3.63) is 11.6 Å². The molecule has 0 fully saturated rings. The first-order valence-corrected chi connectivity index (χ1v) is 3.11. The number of hydrogen-bond acceptors (Lipinski definition) is 1. The van der Waals surface area contributed by atoms with E-state index in [9.17, 15) is 4.79 Å². The van der Waals surface area contributed by atoms with Crippen LogP contribution in [0.1, 0.15) is 20.3 Å². The van der Waals surface area contributed by atoms with Gasteiger partial charge in [0, 0.05) is 12.6 Å². The number of amides is 1. The third kappa shape index (κ3) is 2.90. The molecule has 0 radical (unpaired) electrons. The van der Waals surface area contributed by atoms with E-state index >= 15 is 0 Å². The Kier molecular flexibility index (Phi) is 3.76. The van der Waals surface area contributed by atoms with E-state index in [-0.39, 0.29) is 5.91 Å². The molecular formula is C7H13NO. The van der Waals surface area contributed by atoms with Gasteiger partial charge in [-0.05, 0) is 13.3 Å². The van der Waals surface area contributed by atoms with Crippen LogP contribution in [0.25, 0.3) is 0 Å². The minimum atomic E-state index is 0.0110. The summed E-state index contributed by atoms with van der Waals surface area (Å²) in [5.74, 6) is 0.0110. The smallest absolute Gasteiger partial charge is 0.246 e. The van der Waals surface area contributed by atoms with Crippen molar-refractivity contribution in [2.24, 2.45) is 0 Å². The Balaban J connectivity index is 3.86. The summed E-state index contributed by atoms with van der Waals surface area (Å²) in [5, 5.41) is 2.54. The number of allylic oxidation sites excluding steroid dienone is 1. The Labute approximate surface area is 56.0 Å². The zero-order valence-corrected chi connectivity index (χ0v) is 6.19. The molecular weight excluding hydrogens is 114 g/mol. The molecule has 0 aliphatic carbocycles. The Morgan fingerprint density at radius 3 is 2.56 bits per heavy atom. The molecule has 0 spiro atoms. The topological polar surface area (TPSA) is 29.1 Å². The van der Waals surface area contributed by atoms with E-state index < -0.39 is 0 Å². The van der Waals surface area contributed by atoms with Crippen molar-refractivity contribution >= 4 is 5.91 Å². The molecule has 1 N–H and O–H groups in total. The molecule has 2 nitrogen and oxygen atoms in total. The summed E-state index contributed by atoms with van der Waals surface area (Å²) >= 11 is 0. The molecule has 2 heteroatoms. The van der Waals surface area contributed by atoms with E-state index in [1.165, 1.54) is 0 Å². The van der Waals surface area contributed by atoms with Crippen LogP contribution in [0.4, 0.5) is 0 Å². The minimum absolute atomic E-state index is 0.0110. The molecule has 1 amide bonds. The van der Waals surface area contributed by atoms with Crippen LogP contribution in [-0.4, -0.2) is 13.0 Å². The quantitative estimate of drug-likeness (QED) is 0.553. The van der Waals surface area contributed by atoms with Crippen molar-refractivity contribution in [1.29, 1.82) is 0 Å². The fourth-order valence-corrected chi connectivity index (χ4v) is 0.596. The maximum atomic E-state index is 10.7. The Morgan fingerprint density at radius 2 is 2.22 bits per heavy atom. The number of likely N-dealkylation sites (N-methyl/N-ethyl adjacent to an activating group) is 1. The Hall–Kier alpha value is -0.790. The maximum Gasteiger partial charge on any atom is 0.246 e. The third-order valence-corrected chi connectivity index (χ3v) is 1.10. The molecule has 0 aliphatic heterocycles. The normalized spacial score (nSPS) is 11.2. The predicted molar refractivity (Wildman–Crippen MR) is 38.1 cm³/mol. The van der Waals surface area contributed by atoms with E-state index in [1.807, 2.05) is 19.9 Å². The summed E-state index contributed by atoms with van der Waals surface area (Å²) in [6.45, 7) is 3.81. The van der Waals surface area contributed by atoms with Gasteiger partial charge in [-0.1, -0.05) is 13.0 Å². The average Bonchev–Trinajstić information content (AvgIpc) is 1.87. The largest absolute Gasteiger partial charge is 0.355 e. The molecule has 0 saturated carbocycles. The number of carbonyl (C=O) groups is 1. The average molecular weight is 127 g/mol. The number of hydrogen-bond donors (Lipinski definition) is 1. The molecule has 0 rings (SSSR count). The highest BCUT2D eigenvalue weighted by molar-refractivity contribution is 5.92. The van der Waals surface area contributed by atoms with E-state index in [1.54, 1.807) is 7.05 Å². The lowest BCUT2D eigenvalue weighted by atomic mass is 10.2. The first kappa shape index (κ1) is 8.21. The van der Waals surface area contributed by atoms with E-state index in [0.29, 0.717) is 0 Å². The summed E-state index contributed by atoms with van der Waals surface area (Å²) in [4.78, 5) is 10.7. The standard InChI is InChI=1S/C7H13NO/c1-4-5-6(2)7(9)8-3/h5H,4H2,1-3H3,(H,8,9)/b6-5+. The number of carbonyl (C=O) groups excluding carboxylic acids is 1. The Bertz CT molecular complexity index is 127. The van der Waals surface area contributed by atoms with Crippen LogP contribution in [0.2, 0.25) is 0 Å². The molecule has 0 unspecified atom stereocenters. The molecule has 0 aliphatic rings. The lowest BCUT2D eigenvalue weighted by molar-refractivity contribution is -0.117. The number of rotatable bonds is 2. The van der Waals surface area contributed by atoms with E-state index in [4.69, 9.17) is 0 Å². The lowest BCUT2D eigenvalue weighted by Crippen LogP contribution is -2.18. The van der Waals surface area contributed by atoms with Crippen molar-refractivity contribution < 1.29 is 4.79 Å². The van der Waals surface area contributed by atoms with Crippen LogP contribution in [0.15, 0.2) is 11.6 Å². The zero-order chi connectivity index (χ0) is 7.28. The SMILES string of the molecule is CC/C=C(\C)C(=O)NC. The van der Waals surface area contributed by atoms with Crippen LogP contribution in [0.5, 0.6) is 0 Å². The van der Waals surface area contributed by atoms with Crippen LogP contribution in [0.3, 0.4) is 0 Å². The molecule has 9 heavy (non-hydrogen) atoms. The van der Waals surface area contributed by atoms with Crippen molar-refractivity contribution in [2.75, 3.05) is 7.05 Å². The van der Waals surface area contributed by atoms with Gasteiger partial charge in [-0.2, -0.15) is 0 Å². The Morgan fingerprint density at radius 1 is 1.67 bits per heavy atom. The molecule has 0 saturated heterocycles. The van der Waals surface area contributed by atoms with Gasteiger partial charge in [-0.25, -0.2) is 0 Å². The van der Waals surface area contributed by atoms with Crippen molar-refractivity contribution in [2.45, 2.75) is 20.3 Å². The van der Waals surface area contributed by atoms with Crippen molar-refractivity contribution in [1.82, 2.24) is 5.32 Å². The zero-order valence-electron chi connectivity index (χ0n) is 6.19. The van der Waals surface area contributed by atoms with Crippen LogP contribution in [0, 0.1) is 0 Å². The van der Waals surface area contributed by atoms with Crippen molar-refractivity contribution in [3.8, 4) is 0 Å². The number of nitrogens with one attached hydrogen (secondary N) is 1. The minimum Gasteiger partial charge on any atom is -0.355 e. The molecule has 0 aromatic heterocycles. The van der Waals surface area contributed by atoms with Crippen molar-refractivity contribution in [3.63, 3.8) is 0 Å². The molecule has 0 atom stereocenters. The summed E-state index contributed by atoms with van der Waals surface area (Å²) in [6, 6.07) is 0. The monoisotopic (exact) mass is 127 g/mol. The lowest BCUT2D eigenvalue weighted by Gasteiger charge is -1.95. The fourth-order valence-electron chi connectivity index (χ4n) is 0.596. The van der Waals surface area contributed by atoms with Crippen LogP contribution >= 0.6 is 0 Å². The second-order valence-electron chi connectivity index (χ2n) is 1.87. The fraction of sp³-hybridized carbons (Fsp3) is 0.571. The summed E-state index contributed by atoms with van der Waals surface area (Å²) in [7, 11) is 1.63. The maximum absolute atomic E-state index is 10.7. The summed E-state index contributed by atoms with van der Waals surface area (Å²) in [6.07, 6.45) is 2.82. The van der Waals surface area contributed by atoms with Crippen LogP contribution in [-0.2, 0) is 4.79 Å². The van der Waals surface area contributed by atoms with Gasteiger partial charge in [-0.3, -0.25) is 4.79 Å². The van der Waals surface area contributed by atoms with E-state index in [2.05, 4.69) is 5.32 Å². The highest BCUT2D eigenvalue weighted by Gasteiger charge is 1.96. The van der Waals surface area contributed by atoms with Gasteiger partial charge < -0.3 is 5.32 Å². The van der Waals surface area contributed by atoms with Gasteiger partial charge in [0.25, 0.3) is 0 Å². The molecule has 0 aromatic rings. The van der Waals surface area contributed by atoms with E-state index in [0.717, 1.165) is 12.0 Å². The highest BCUT2D eigenvalue weighted by atomic mass is 16.1. The van der Waals surface area contributed by atoms with Gasteiger partial charge in [0.15, 0.2) is 0 Å². The third-order valence-electron chi connectivity index (χ3n) is 1.10. The van der Waals surface area contributed by atoms with Gasteiger partial charge in [0.1, 0.15) is 0 Å². The van der Waals surface area contributed by atoms with Gasteiger partial charge in [-0.15, -0.1) is 0 Å². The highest BCUT2D eigenvalue weighted by Crippen LogP contribution is 1.92. The molecule has 0 heterocycles. The van der Waals surface area contributed by atoms with Crippen LogP contribution < -0.4 is 5.32 Å². The second-order valence-corrected chi connectivity index (χ2v) is 1.87. The predicted octanol–water partition coefficient (Wildman–Crippen LogP) is 1.09.